The van der Waals surface area contributed by atoms with Gasteiger partial charge in [-0.3, -0.25) is 9.59 Å². The lowest BCUT2D eigenvalue weighted by molar-refractivity contribution is -0.125. The van der Waals surface area contributed by atoms with E-state index in [2.05, 4.69) is 20.6 Å². The Morgan fingerprint density at radius 1 is 1.50 bits per heavy atom. The predicted octanol–water partition coefficient (Wildman–Crippen LogP) is -0.254. The fourth-order valence-electron chi connectivity index (χ4n) is 2.02. The van der Waals surface area contributed by atoms with E-state index >= 15 is 0 Å². The first-order valence-electron chi connectivity index (χ1n) is 6.54. The Morgan fingerprint density at radius 2 is 2.25 bits per heavy atom. The van der Waals surface area contributed by atoms with Crippen LogP contribution in [0, 0.1) is 6.92 Å². The molecule has 1 aliphatic rings. The Labute approximate surface area is 117 Å². The number of amides is 2. The van der Waals surface area contributed by atoms with Gasteiger partial charge in [0.1, 0.15) is 17.7 Å². The van der Waals surface area contributed by atoms with Crippen molar-refractivity contribution in [2.45, 2.75) is 32.4 Å². The summed E-state index contributed by atoms with van der Waals surface area (Å²) in [7, 11) is 3.80. The van der Waals surface area contributed by atoms with Crippen molar-refractivity contribution in [2.75, 3.05) is 19.0 Å². The first-order valence-corrected chi connectivity index (χ1v) is 6.54. The Morgan fingerprint density at radius 3 is 2.85 bits per heavy atom. The molecule has 1 aliphatic heterocycles. The second-order valence-electron chi connectivity index (χ2n) is 5.05. The Balaban J connectivity index is 1.96. The van der Waals surface area contributed by atoms with Crippen molar-refractivity contribution in [3.8, 4) is 0 Å². The van der Waals surface area contributed by atoms with Crippen LogP contribution in [-0.2, 0) is 16.1 Å². The third-order valence-electron chi connectivity index (χ3n) is 3.08. The summed E-state index contributed by atoms with van der Waals surface area (Å²) in [6, 6.07) is 1.45. The number of carbonyl (C=O) groups excluding carboxylic acids is 2. The molecule has 7 heteroatoms. The molecule has 7 nitrogen and oxygen atoms in total. The molecule has 108 valence electrons. The lowest BCUT2D eigenvalue weighted by Crippen LogP contribution is -2.41. The van der Waals surface area contributed by atoms with Gasteiger partial charge in [0.05, 0.1) is 6.54 Å². The van der Waals surface area contributed by atoms with Gasteiger partial charge in [0.15, 0.2) is 0 Å². The number of anilines is 1. The third-order valence-corrected chi connectivity index (χ3v) is 3.08. The molecular formula is C13H19N5O2. The van der Waals surface area contributed by atoms with Gasteiger partial charge in [-0.05, 0) is 13.3 Å². The molecule has 0 aromatic carbocycles. The maximum absolute atomic E-state index is 11.9. The summed E-state index contributed by atoms with van der Waals surface area (Å²) in [4.78, 5) is 33.5. The van der Waals surface area contributed by atoms with Crippen LogP contribution in [0.15, 0.2) is 6.07 Å². The van der Waals surface area contributed by atoms with Crippen molar-refractivity contribution in [1.82, 2.24) is 20.6 Å². The zero-order valence-electron chi connectivity index (χ0n) is 11.9. The number of rotatable bonds is 4. The van der Waals surface area contributed by atoms with E-state index in [1.165, 1.54) is 0 Å². The molecule has 1 aromatic heterocycles. The quantitative estimate of drug-likeness (QED) is 0.792. The van der Waals surface area contributed by atoms with Crippen LogP contribution < -0.4 is 15.5 Å². The number of nitrogens with zero attached hydrogens (tertiary/aromatic N) is 3. The molecule has 0 saturated carbocycles. The normalized spacial score (nSPS) is 17.8. The standard InChI is InChI=1S/C13H19N5O2/c1-8-6-11(18(2)3)17-10(15-8)7-14-13(20)9-4-5-12(19)16-9/h6,9H,4-5,7H2,1-3H3,(H,14,20)(H,16,19). The SMILES string of the molecule is Cc1cc(N(C)C)nc(CNC(=O)C2CCC(=O)N2)n1. The molecule has 2 amide bonds. The number of nitrogens with one attached hydrogen (secondary N) is 2. The average Bonchev–Trinajstić information content (AvgIpc) is 2.82. The van der Waals surface area contributed by atoms with Gasteiger partial charge in [-0.15, -0.1) is 0 Å². The van der Waals surface area contributed by atoms with E-state index in [1.807, 2.05) is 32.0 Å². The highest BCUT2D eigenvalue weighted by molar-refractivity contribution is 5.90. The lowest BCUT2D eigenvalue weighted by Gasteiger charge is -2.14. The topological polar surface area (TPSA) is 87.2 Å². The maximum Gasteiger partial charge on any atom is 0.242 e. The third kappa shape index (κ3) is 3.43. The number of aryl methyl sites for hydroxylation is 1. The number of hydrogen-bond acceptors (Lipinski definition) is 5. The van der Waals surface area contributed by atoms with Gasteiger partial charge in [0, 0.05) is 32.3 Å². The van der Waals surface area contributed by atoms with Crippen LogP contribution in [0.1, 0.15) is 24.4 Å². The van der Waals surface area contributed by atoms with Gasteiger partial charge < -0.3 is 15.5 Å². The minimum Gasteiger partial charge on any atom is -0.363 e. The second-order valence-corrected chi connectivity index (χ2v) is 5.05. The highest BCUT2D eigenvalue weighted by Crippen LogP contribution is 2.10. The minimum absolute atomic E-state index is 0.0770. The average molecular weight is 277 g/mol. The van der Waals surface area contributed by atoms with Gasteiger partial charge in [0.2, 0.25) is 11.8 Å². The summed E-state index contributed by atoms with van der Waals surface area (Å²) < 4.78 is 0. The zero-order chi connectivity index (χ0) is 14.7. The first kappa shape index (κ1) is 14.2. The van der Waals surface area contributed by atoms with Crippen molar-refractivity contribution in [2.24, 2.45) is 0 Å². The number of aromatic nitrogens is 2. The molecular weight excluding hydrogens is 258 g/mol. The van der Waals surface area contributed by atoms with E-state index in [0.29, 0.717) is 18.7 Å². The van der Waals surface area contributed by atoms with E-state index in [-0.39, 0.29) is 18.4 Å². The van der Waals surface area contributed by atoms with Gasteiger partial charge in [-0.2, -0.15) is 0 Å². The molecule has 20 heavy (non-hydrogen) atoms. The van der Waals surface area contributed by atoms with Crippen molar-refractivity contribution in [1.29, 1.82) is 0 Å². The zero-order valence-corrected chi connectivity index (χ0v) is 11.9. The summed E-state index contributed by atoms with van der Waals surface area (Å²) in [6.45, 7) is 2.14. The molecule has 1 unspecified atom stereocenters. The summed E-state index contributed by atoms with van der Waals surface area (Å²) in [5.41, 5.74) is 0.849. The Hall–Kier alpha value is -2.18. The van der Waals surface area contributed by atoms with E-state index in [4.69, 9.17) is 0 Å². The molecule has 2 heterocycles. The second kappa shape index (κ2) is 5.85. The first-order chi connectivity index (χ1) is 9.45. The summed E-state index contributed by atoms with van der Waals surface area (Å²) in [5.74, 6) is 1.10. The molecule has 2 N–H and O–H groups in total. The van der Waals surface area contributed by atoms with E-state index in [9.17, 15) is 9.59 Å². The largest absolute Gasteiger partial charge is 0.363 e. The Bertz CT molecular complexity index is 529. The summed E-state index contributed by atoms with van der Waals surface area (Å²) in [6.07, 6.45) is 0.950. The van der Waals surface area contributed by atoms with Crippen molar-refractivity contribution in [3.05, 3.63) is 17.6 Å². The smallest absolute Gasteiger partial charge is 0.242 e. The number of carbonyl (C=O) groups is 2. The van der Waals surface area contributed by atoms with Gasteiger partial charge in [-0.25, -0.2) is 9.97 Å². The van der Waals surface area contributed by atoms with Crippen molar-refractivity contribution < 1.29 is 9.59 Å². The van der Waals surface area contributed by atoms with Crippen molar-refractivity contribution >= 4 is 17.6 Å². The summed E-state index contributed by atoms with van der Waals surface area (Å²) in [5, 5.41) is 5.39. The highest BCUT2D eigenvalue weighted by Gasteiger charge is 2.26. The van der Waals surface area contributed by atoms with Crippen LogP contribution in [0.2, 0.25) is 0 Å². The molecule has 1 fully saturated rings. The monoisotopic (exact) mass is 277 g/mol. The van der Waals surface area contributed by atoms with Crippen LogP contribution >= 0.6 is 0 Å². The van der Waals surface area contributed by atoms with E-state index in [1.54, 1.807) is 0 Å². The van der Waals surface area contributed by atoms with Gasteiger partial charge >= 0.3 is 0 Å². The molecule has 0 aliphatic carbocycles. The Kier molecular flexibility index (Phi) is 4.16. The summed E-state index contributed by atoms with van der Waals surface area (Å²) >= 11 is 0. The maximum atomic E-state index is 11.9. The van der Waals surface area contributed by atoms with Crippen LogP contribution in [-0.4, -0.2) is 41.9 Å². The van der Waals surface area contributed by atoms with Crippen LogP contribution in [0.25, 0.3) is 0 Å². The van der Waals surface area contributed by atoms with Crippen molar-refractivity contribution in [3.63, 3.8) is 0 Å². The molecule has 0 bridgehead atoms. The van der Waals surface area contributed by atoms with Gasteiger partial charge in [-0.1, -0.05) is 0 Å². The molecule has 0 spiro atoms. The molecule has 0 radical (unpaired) electrons. The lowest BCUT2D eigenvalue weighted by atomic mass is 10.2. The predicted molar refractivity (Wildman–Crippen MR) is 74.1 cm³/mol. The molecule has 1 saturated heterocycles. The molecule has 1 aromatic rings. The van der Waals surface area contributed by atoms with E-state index in [0.717, 1.165) is 11.5 Å². The van der Waals surface area contributed by atoms with Crippen LogP contribution in [0.4, 0.5) is 5.82 Å². The van der Waals surface area contributed by atoms with Crippen LogP contribution in [0.3, 0.4) is 0 Å². The minimum atomic E-state index is -0.430. The fraction of sp³-hybridized carbons (Fsp3) is 0.538. The number of hydrogen-bond donors (Lipinski definition) is 2. The van der Waals surface area contributed by atoms with Gasteiger partial charge in [0.25, 0.3) is 0 Å². The molecule has 2 rings (SSSR count). The van der Waals surface area contributed by atoms with Crippen LogP contribution in [0.5, 0.6) is 0 Å². The molecule has 1 atom stereocenters. The highest BCUT2D eigenvalue weighted by atomic mass is 16.2. The van der Waals surface area contributed by atoms with E-state index < -0.39 is 6.04 Å². The fourth-order valence-corrected chi connectivity index (χ4v) is 2.02.